The number of nitrogens with zero attached hydrogens (tertiary/aromatic N) is 5. The maximum absolute atomic E-state index is 12.5. The van der Waals surface area contributed by atoms with Crippen molar-refractivity contribution < 1.29 is 9.57 Å². The maximum atomic E-state index is 12.5. The first-order chi connectivity index (χ1) is 13.4. The highest BCUT2D eigenvalue weighted by Gasteiger charge is 2.26. The minimum atomic E-state index is -0.578. The van der Waals surface area contributed by atoms with Crippen LogP contribution in [0.5, 0.6) is 5.75 Å². The average Bonchev–Trinajstić information content (AvgIpc) is 3.00. The lowest BCUT2D eigenvalue weighted by molar-refractivity contribution is 0.200. The van der Waals surface area contributed by atoms with Crippen LogP contribution in [0.3, 0.4) is 0 Å². The number of aryl methyl sites for hydroxylation is 3. The van der Waals surface area contributed by atoms with Gasteiger partial charge in [0.1, 0.15) is 12.9 Å². The largest absolute Gasteiger partial charge is 0.479 e. The van der Waals surface area contributed by atoms with E-state index < -0.39 is 6.10 Å². The summed E-state index contributed by atoms with van der Waals surface area (Å²) in [6.45, 7) is 5.75. The van der Waals surface area contributed by atoms with Gasteiger partial charge in [-0.3, -0.25) is 0 Å². The smallest absolute Gasteiger partial charge is 0.368 e. The average molecular weight is 381 g/mol. The van der Waals surface area contributed by atoms with E-state index >= 15 is 0 Å². The predicted molar refractivity (Wildman–Crippen MR) is 106 cm³/mol. The third-order valence-corrected chi connectivity index (χ3v) is 4.47. The van der Waals surface area contributed by atoms with Crippen LogP contribution in [-0.4, -0.2) is 32.6 Å². The van der Waals surface area contributed by atoms with Crippen LogP contribution in [0.25, 0.3) is 5.69 Å². The van der Waals surface area contributed by atoms with Crippen molar-refractivity contribution in [2.75, 3.05) is 7.11 Å². The van der Waals surface area contributed by atoms with Crippen molar-refractivity contribution in [2.24, 2.45) is 12.2 Å². The second kappa shape index (κ2) is 8.08. The lowest BCUT2D eigenvalue weighted by Gasteiger charge is -2.24. The second-order valence-corrected chi connectivity index (χ2v) is 6.48. The molecule has 0 N–H and O–H groups in total. The molecule has 1 unspecified atom stereocenters. The lowest BCUT2D eigenvalue weighted by Crippen LogP contribution is -2.26. The van der Waals surface area contributed by atoms with Gasteiger partial charge in [-0.15, -0.1) is 0 Å². The maximum Gasteiger partial charge on any atom is 0.368 e. The molecule has 3 aromatic rings. The zero-order valence-electron chi connectivity index (χ0n) is 16.6. The van der Waals surface area contributed by atoms with E-state index in [1.165, 1.54) is 16.5 Å². The Morgan fingerprint density at radius 1 is 1.07 bits per heavy atom. The number of hydrogen-bond acceptors (Lipinski definition) is 6. The first-order valence-electron chi connectivity index (χ1n) is 8.83. The number of oxime groups is 1. The van der Waals surface area contributed by atoms with Gasteiger partial charge in [-0.05, 0) is 54.5 Å². The fourth-order valence-corrected chi connectivity index (χ4v) is 3.02. The Morgan fingerprint density at radius 3 is 2.43 bits per heavy atom. The van der Waals surface area contributed by atoms with Gasteiger partial charge in [-0.2, -0.15) is 9.36 Å². The molecule has 8 nitrogen and oxygen atoms in total. The van der Waals surface area contributed by atoms with E-state index in [1.807, 2.05) is 63.2 Å². The van der Waals surface area contributed by atoms with Crippen molar-refractivity contribution in [1.29, 1.82) is 0 Å². The van der Waals surface area contributed by atoms with Crippen LogP contribution in [0.4, 0.5) is 0 Å². The highest BCUT2D eigenvalue weighted by molar-refractivity contribution is 5.88. The number of para-hydroxylation sites is 1. The number of benzene rings is 2. The van der Waals surface area contributed by atoms with Crippen molar-refractivity contribution in [2.45, 2.75) is 26.9 Å². The van der Waals surface area contributed by atoms with Crippen LogP contribution < -0.4 is 10.4 Å². The Hall–Kier alpha value is -3.42. The van der Waals surface area contributed by atoms with Crippen LogP contribution in [0.1, 0.15) is 29.7 Å². The summed E-state index contributed by atoms with van der Waals surface area (Å²) in [4.78, 5) is 17.5. The lowest BCUT2D eigenvalue weighted by atomic mass is 9.98. The molecule has 0 aliphatic heterocycles. The van der Waals surface area contributed by atoms with Crippen LogP contribution in [0, 0.1) is 13.8 Å². The molecule has 0 fully saturated rings. The van der Waals surface area contributed by atoms with Crippen molar-refractivity contribution in [1.82, 2.24) is 19.8 Å². The number of tetrazole rings is 1. The van der Waals surface area contributed by atoms with Crippen LogP contribution in [0.15, 0.2) is 52.4 Å². The van der Waals surface area contributed by atoms with Gasteiger partial charge in [0.25, 0.3) is 0 Å². The molecule has 1 aromatic heterocycles. The summed E-state index contributed by atoms with van der Waals surface area (Å²) in [6.07, 6.45) is -0.578. The standard InChI is InChI=1S/C20H23N5O3/c1-13-9-6-7-12-17(13)28-19(15(3)21-27-5)18-14(2)10-8-11-16(18)25-20(26)24(4)22-23-25/h6-12,19H,1-5H3. The van der Waals surface area contributed by atoms with Gasteiger partial charge in [0.05, 0.1) is 11.4 Å². The molecule has 28 heavy (non-hydrogen) atoms. The third-order valence-electron chi connectivity index (χ3n) is 4.47. The van der Waals surface area contributed by atoms with E-state index in [0.29, 0.717) is 11.4 Å². The van der Waals surface area contributed by atoms with E-state index in [2.05, 4.69) is 15.6 Å². The number of hydrogen-bond donors (Lipinski definition) is 0. The molecule has 0 aliphatic rings. The molecule has 0 aliphatic carbocycles. The van der Waals surface area contributed by atoms with Gasteiger partial charge >= 0.3 is 5.69 Å². The minimum Gasteiger partial charge on any atom is -0.479 e. The van der Waals surface area contributed by atoms with Gasteiger partial charge < -0.3 is 9.57 Å². The molecule has 1 heterocycles. The van der Waals surface area contributed by atoms with Gasteiger partial charge in [-0.25, -0.2) is 4.79 Å². The Kier molecular flexibility index (Phi) is 5.58. The van der Waals surface area contributed by atoms with E-state index in [4.69, 9.17) is 9.57 Å². The first-order valence-corrected chi connectivity index (χ1v) is 8.83. The van der Waals surface area contributed by atoms with E-state index in [1.54, 1.807) is 7.05 Å². The molecular formula is C20H23N5O3. The SMILES string of the molecule is CON=C(C)C(Oc1ccccc1C)c1c(C)cccc1-n1nnn(C)c1=O. The van der Waals surface area contributed by atoms with Crippen molar-refractivity contribution in [3.8, 4) is 11.4 Å². The fraction of sp³-hybridized carbons (Fsp3) is 0.300. The first kappa shape index (κ1) is 19.3. The molecule has 0 saturated heterocycles. The number of ether oxygens (including phenoxy) is 1. The van der Waals surface area contributed by atoms with Crippen molar-refractivity contribution >= 4 is 5.71 Å². The van der Waals surface area contributed by atoms with Crippen LogP contribution in [0.2, 0.25) is 0 Å². The summed E-state index contributed by atoms with van der Waals surface area (Å²) in [5.41, 5.74) is 3.54. The molecule has 0 saturated carbocycles. The van der Waals surface area contributed by atoms with E-state index in [0.717, 1.165) is 22.4 Å². The van der Waals surface area contributed by atoms with Crippen molar-refractivity contribution in [3.63, 3.8) is 0 Å². The molecule has 8 heteroatoms. The Bertz CT molecular complexity index is 1070. The fourth-order valence-electron chi connectivity index (χ4n) is 3.02. The van der Waals surface area contributed by atoms with Gasteiger partial charge in [-0.1, -0.05) is 35.5 Å². The Balaban J connectivity index is 2.20. The molecule has 0 spiro atoms. The monoisotopic (exact) mass is 381 g/mol. The minimum absolute atomic E-state index is 0.345. The Labute approximate surface area is 163 Å². The molecular weight excluding hydrogens is 358 g/mol. The van der Waals surface area contributed by atoms with Crippen LogP contribution >= 0.6 is 0 Å². The molecule has 1 atom stereocenters. The molecule has 0 bridgehead atoms. The summed E-state index contributed by atoms with van der Waals surface area (Å²) in [6, 6.07) is 13.4. The summed E-state index contributed by atoms with van der Waals surface area (Å²) < 4.78 is 8.79. The van der Waals surface area contributed by atoms with E-state index in [9.17, 15) is 4.79 Å². The summed E-state index contributed by atoms with van der Waals surface area (Å²) in [5, 5.41) is 11.9. The Morgan fingerprint density at radius 2 is 1.79 bits per heavy atom. The highest BCUT2D eigenvalue weighted by atomic mass is 16.6. The van der Waals surface area contributed by atoms with Gasteiger partial charge in [0.15, 0.2) is 6.10 Å². The molecule has 0 radical (unpaired) electrons. The zero-order chi connectivity index (χ0) is 20.3. The number of aromatic nitrogens is 4. The zero-order valence-corrected chi connectivity index (χ0v) is 16.6. The summed E-state index contributed by atoms with van der Waals surface area (Å²) >= 11 is 0. The highest BCUT2D eigenvalue weighted by Crippen LogP contribution is 2.31. The quantitative estimate of drug-likeness (QED) is 0.484. The predicted octanol–water partition coefficient (Wildman–Crippen LogP) is 2.73. The van der Waals surface area contributed by atoms with E-state index in [-0.39, 0.29) is 5.69 Å². The molecule has 3 rings (SSSR count). The topological polar surface area (TPSA) is 83.5 Å². The second-order valence-electron chi connectivity index (χ2n) is 6.48. The van der Waals surface area contributed by atoms with Crippen molar-refractivity contribution in [3.05, 3.63) is 69.6 Å². The molecule has 0 amide bonds. The molecule has 146 valence electrons. The van der Waals surface area contributed by atoms with Gasteiger partial charge in [0.2, 0.25) is 0 Å². The number of rotatable bonds is 6. The molecule has 2 aromatic carbocycles. The van der Waals surface area contributed by atoms with Crippen LogP contribution in [-0.2, 0) is 11.9 Å². The summed E-state index contributed by atoms with van der Waals surface area (Å²) in [5.74, 6) is 0.721. The summed E-state index contributed by atoms with van der Waals surface area (Å²) in [7, 11) is 3.04. The third kappa shape index (κ3) is 3.66. The normalized spacial score (nSPS) is 12.7. The van der Waals surface area contributed by atoms with Gasteiger partial charge in [0, 0.05) is 12.6 Å².